The van der Waals surface area contributed by atoms with Gasteiger partial charge in [-0.05, 0) is 49.0 Å². The summed E-state index contributed by atoms with van der Waals surface area (Å²) < 4.78 is 44.5. The molecule has 0 radical (unpaired) electrons. The van der Waals surface area contributed by atoms with Crippen molar-refractivity contribution in [2.75, 3.05) is 34.3 Å². The molecule has 6 nitrogen and oxygen atoms in total. The third-order valence-corrected chi connectivity index (χ3v) is 5.05. The minimum atomic E-state index is -4.48. The summed E-state index contributed by atoms with van der Waals surface area (Å²) >= 11 is 0. The minimum absolute atomic E-state index is 0.0966. The SMILES string of the molecule is COc1ccc(CC(=O)O)c(CN(CCN(C)C)C(C)=O)c1-c1ccc(C(F)(F)F)cc1. The molecule has 0 atom stereocenters. The van der Waals surface area contributed by atoms with Crippen LogP contribution < -0.4 is 4.74 Å². The highest BCUT2D eigenvalue weighted by atomic mass is 19.4. The number of benzene rings is 2. The molecule has 32 heavy (non-hydrogen) atoms. The van der Waals surface area contributed by atoms with Gasteiger partial charge in [-0.15, -0.1) is 0 Å². The van der Waals surface area contributed by atoms with E-state index in [1.165, 1.54) is 26.2 Å². The lowest BCUT2D eigenvalue weighted by Crippen LogP contribution is -2.35. The van der Waals surface area contributed by atoms with Crippen LogP contribution in [-0.2, 0) is 28.7 Å². The fraction of sp³-hybridized carbons (Fsp3) is 0.391. The van der Waals surface area contributed by atoms with Gasteiger partial charge in [-0.1, -0.05) is 18.2 Å². The third-order valence-electron chi connectivity index (χ3n) is 5.05. The number of carbonyl (C=O) groups excluding carboxylic acids is 1. The molecule has 2 aromatic rings. The van der Waals surface area contributed by atoms with Gasteiger partial charge in [-0.2, -0.15) is 13.2 Å². The highest BCUT2D eigenvalue weighted by molar-refractivity contribution is 5.80. The van der Waals surface area contributed by atoms with E-state index < -0.39 is 17.7 Å². The second kappa shape index (κ2) is 10.5. The molecular weight excluding hydrogens is 425 g/mol. The van der Waals surface area contributed by atoms with Crippen molar-refractivity contribution < 1.29 is 32.6 Å². The Morgan fingerprint density at radius 1 is 1.03 bits per heavy atom. The van der Waals surface area contributed by atoms with E-state index in [2.05, 4.69) is 0 Å². The molecule has 1 amide bonds. The van der Waals surface area contributed by atoms with E-state index in [0.29, 0.717) is 41.1 Å². The first-order valence-electron chi connectivity index (χ1n) is 9.92. The molecule has 0 aliphatic rings. The maximum absolute atomic E-state index is 13.0. The fourth-order valence-corrected chi connectivity index (χ4v) is 3.35. The fourth-order valence-electron chi connectivity index (χ4n) is 3.35. The van der Waals surface area contributed by atoms with Crippen LogP contribution in [0.4, 0.5) is 13.2 Å². The number of hydrogen-bond acceptors (Lipinski definition) is 4. The lowest BCUT2D eigenvalue weighted by atomic mass is 9.91. The zero-order valence-corrected chi connectivity index (χ0v) is 18.5. The summed E-state index contributed by atoms with van der Waals surface area (Å²) in [4.78, 5) is 27.2. The van der Waals surface area contributed by atoms with Gasteiger partial charge in [0.2, 0.25) is 5.91 Å². The van der Waals surface area contributed by atoms with Gasteiger partial charge in [0.15, 0.2) is 0 Å². The maximum atomic E-state index is 13.0. The predicted molar refractivity (Wildman–Crippen MR) is 114 cm³/mol. The van der Waals surface area contributed by atoms with Crippen LogP contribution in [0.25, 0.3) is 11.1 Å². The number of alkyl halides is 3. The summed E-state index contributed by atoms with van der Waals surface area (Å²) in [5, 5.41) is 9.38. The van der Waals surface area contributed by atoms with Crippen LogP contribution in [0.1, 0.15) is 23.6 Å². The number of rotatable bonds is 9. The molecule has 0 aromatic heterocycles. The Morgan fingerprint density at radius 3 is 2.12 bits per heavy atom. The number of nitrogens with zero attached hydrogens (tertiary/aromatic N) is 2. The Hall–Kier alpha value is -3.07. The van der Waals surface area contributed by atoms with Gasteiger partial charge in [-0.3, -0.25) is 9.59 Å². The Kier molecular flexibility index (Phi) is 8.26. The second-order valence-corrected chi connectivity index (χ2v) is 7.67. The first kappa shape index (κ1) is 25.2. The molecule has 0 saturated carbocycles. The zero-order chi connectivity index (χ0) is 24.1. The standard InChI is InChI=1S/C23H27F3N2O4/c1-15(29)28(12-11-27(2)3)14-19-17(13-21(30)31)7-10-20(32-4)22(19)16-5-8-18(9-6-16)23(24,25)26/h5-10H,11-14H2,1-4H3,(H,30,31). The van der Waals surface area contributed by atoms with E-state index in [1.807, 2.05) is 19.0 Å². The van der Waals surface area contributed by atoms with Crippen LogP contribution in [0.2, 0.25) is 0 Å². The first-order valence-corrected chi connectivity index (χ1v) is 9.92. The molecule has 174 valence electrons. The van der Waals surface area contributed by atoms with Crippen LogP contribution in [-0.4, -0.2) is 61.1 Å². The molecule has 0 bridgehead atoms. The van der Waals surface area contributed by atoms with E-state index in [4.69, 9.17) is 4.74 Å². The van der Waals surface area contributed by atoms with Gasteiger partial charge in [0.05, 0.1) is 19.1 Å². The summed E-state index contributed by atoms with van der Waals surface area (Å²) in [7, 11) is 5.17. The average molecular weight is 452 g/mol. The van der Waals surface area contributed by atoms with Crippen molar-refractivity contribution in [2.45, 2.75) is 26.1 Å². The summed E-state index contributed by atoms with van der Waals surface area (Å²) in [6, 6.07) is 7.79. The first-order chi connectivity index (χ1) is 14.9. The van der Waals surface area contributed by atoms with Crippen molar-refractivity contribution in [3.8, 4) is 16.9 Å². The van der Waals surface area contributed by atoms with Crippen LogP contribution in [0.15, 0.2) is 36.4 Å². The number of likely N-dealkylation sites (N-methyl/N-ethyl adjacent to an activating group) is 1. The monoisotopic (exact) mass is 452 g/mol. The average Bonchev–Trinajstić information content (AvgIpc) is 2.70. The number of halogens is 3. The molecule has 0 aliphatic heterocycles. The van der Waals surface area contributed by atoms with Gasteiger partial charge in [0, 0.05) is 32.1 Å². The van der Waals surface area contributed by atoms with E-state index in [-0.39, 0.29) is 18.9 Å². The number of carboxylic acid groups (broad SMARTS) is 1. The van der Waals surface area contributed by atoms with Crippen molar-refractivity contribution in [1.82, 2.24) is 9.80 Å². The molecule has 9 heteroatoms. The zero-order valence-electron chi connectivity index (χ0n) is 18.5. The number of carbonyl (C=O) groups is 2. The lowest BCUT2D eigenvalue weighted by molar-refractivity contribution is -0.138. The summed E-state index contributed by atoms with van der Waals surface area (Å²) in [6.45, 7) is 2.51. The van der Waals surface area contributed by atoms with E-state index >= 15 is 0 Å². The van der Waals surface area contributed by atoms with E-state index in [9.17, 15) is 27.9 Å². The molecule has 0 saturated heterocycles. The van der Waals surface area contributed by atoms with Crippen molar-refractivity contribution >= 4 is 11.9 Å². The van der Waals surface area contributed by atoms with Crippen LogP contribution in [0.3, 0.4) is 0 Å². The van der Waals surface area contributed by atoms with Crippen molar-refractivity contribution in [3.63, 3.8) is 0 Å². The number of amides is 1. The van der Waals surface area contributed by atoms with Crippen molar-refractivity contribution in [3.05, 3.63) is 53.1 Å². The summed E-state index contributed by atoms with van der Waals surface area (Å²) in [6.07, 6.45) is -4.78. The van der Waals surface area contributed by atoms with Gasteiger partial charge < -0.3 is 19.6 Å². The largest absolute Gasteiger partial charge is 0.496 e. The number of aliphatic carboxylic acids is 1. The molecule has 2 rings (SSSR count). The van der Waals surface area contributed by atoms with Crippen LogP contribution >= 0.6 is 0 Å². The normalized spacial score (nSPS) is 11.5. The summed E-state index contributed by atoms with van der Waals surface area (Å²) in [5.74, 6) is -0.878. The lowest BCUT2D eigenvalue weighted by Gasteiger charge is -2.26. The Labute approximate surface area is 185 Å². The molecule has 2 aromatic carbocycles. The molecule has 0 fully saturated rings. The Balaban J connectivity index is 2.65. The highest BCUT2D eigenvalue weighted by Gasteiger charge is 2.30. The minimum Gasteiger partial charge on any atom is -0.496 e. The van der Waals surface area contributed by atoms with E-state index in [1.54, 1.807) is 17.0 Å². The van der Waals surface area contributed by atoms with Crippen molar-refractivity contribution in [1.29, 1.82) is 0 Å². The van der Waals surface area contributed by atoms with Gasteiger partial charge in [0.25, 0.3) is 0 Å². The Morgan fingerprint density at radius 2 is 1.66 bits per heavy atom. The Bertz CT molecular complexity index is 957. The quantitative estimate of drug-likeness (QED) is 0.625. The predicted octanol–water partition coefficient (Wildman–Crippen LogP) is 3.92. The van der Waals surface area contributed by atoms with Gasteiger partial charge >= 0.3 is 12.1 Å². The van der Waals surface area contributed by atoms with E-state index in [0.717, 1.165) is 12.1 Å². The van der Waals surface area contributed by atoms with Crippen LogP contribution in [0.5, 0.6) is 5.75 Å². The molecule has 0 heterocycles. The molecular formula is C23H27F3N2O4. The molecule has 0 aliphatic carbocycles. The van der Waals surface area contributed by atoms with Gasteiger partial charge in [0.1, 0.15) is 5.75 Å². The highest BCUT2D eigenvalue weighted by Crippen LogP contribution is 2.38. The second-order valence-electron chi connectivity index (χ2n) is 7.67. The number of carboxylic acids is 1. The molecule has 0 unspecified atom stereocenters. The molecule has 1 N–H and O–H groups in total. The van der Waals surface area contributed by atoms with Gasteiger partial charge in [-0.25, -0.2) is 0 Å². The molecule has 0 spiro atoms. The maximum Gasteiger partial charge on any atom is 0.416 e. The number of hydrogen-bond donors (Lipinski definition) is 1. The van der Waals surface area contributed by atoms with Crippen LogP contribution in [0, 0.1) is 0 Å². The summed E-state index contributed by atoms with van der Waals surface area (Å²) in [5.41, 5.74) is 1.11. The third kappa shape index (κ3) is 6.46. The number of ether oxygens (including phenoxy) is 1. The smallest absolute Gasteiger partial charge is 0.416 e. The van der Waals surface area contributed by atoms with Crippen molar-refractivity contribution in [2.24, 2.45) is 0 Å². The number of methoxy groups -OCH3 is 1. The topological polar surface area (TPSA) is 70.1 Å².